The second kappa shape index (κ2) is 3.04. The summed E-state index contributed by atoms with van der Waals surface area (Å²) in [7, 11) is 0. The highest BCUT2D eigenvalue weighted by Crippen LogP contribution is 2.21. The van der Waals surface area contributed by atoms with Gasteiger partial charge in [-0.1, -0.05) is 0 Å². The third-order valence-corrected chi connectivity index (χ3v) is 2.45. The largest absolute Gasteiger partial charge is 0.325 e. The van der Waals surface area contributed by atoms with Crippen LogP contribution in [-0.4, -0.2) is 15.2 Å². The minimum atomic E-state index is 0.494. The van der Waals surface area contributed by atoms with E-state index in [0.29, 0.717) is 6.54 Å². The number of thiazole rings is 1. The molecule has 5 heteroatoms. The molecule has 0 radical (unpaired) electrons. The van der Waals surface area contributed by atoms with E-state index >= 15 is 0 Å². The first kappa shape index (κ1) is 7.45. The molecule has 2 rings (SSSR count). The molecule has 3 N–H and O–H groups in total. The van der Waals surface area contributed by atoms with Gasteiger partial charge in [0.05, 0.1) is 11.9 Å². The second-order valence-corrected chi connectivity index (χ2v) is 3.19. The van der Waals surface area contributed by atoms with Gasteiger partial charge in [0.1, 0.15) is 5.01 Å². The minimum absolute atomic E-state index is 0.494. The van der Waals surface area contributed by atoms with Gasteiger partial charge in [-0.2, -0.15) is 5.10 Å². The lowest BCUT2D eigenvalue weighted by Gasteiger charge is -1.85. The van der Waals surface area contributed by atoms with Gasteiger partial charge in [-0.25, -0.2) is 4.98 Å². The van der Waals surface area contributed by atoms with Gasteiger partial charge < -0.3 is 5.73 Å². The number of H-pyrrole nitrogens is 1. The Bertz CT molecular complexity index is 351. The van der Waals surface area contributed by atoms with Gasteiger partial charge in [-0.15, -0.1) is 11.3 Å². The van der Waals surface area contributed by atoms with Crippen LogP contribution in [0.1, 0.15) is 5.69 Å². The Morgan fingerprint density at radius 1 is 1.58 bits per heavy atom. The zero-order valence-corrected chi connectivity index (χ0v) is 7.14. The van der Waals surface area contributed by atoms with Crippen LogP contribution in [0.25, 0.3) is 10.6 Å². The standard InChI is InChI=1S/C7H8N4S/c8-1-6-4-12-7(11-6)5-2-9-10-3-5/h2-4H,1,8H2,(H,9,10). The summed E-state index contributed by atoms with van der Waals surface area (Å²) in [4.78, 5) is 4.30. The lowest BCUT2D eigenvalue weighted by molar-refractivity contribution is 1.01. The maximum Gasteiger partial charge on any atom is 0.126 e. The molecule has 0 fully saturated rings. The topological polar surface area (TPSA) is 67.6 Å². The van der Waals surface area contributed by atoms with Crippen LogP contribution in [0.3, 0.4) is 0 Å². The van der Waals surface area contributed by atoms with Crippen molar-refractivity contribution in [2.75, 3.05) is 0 Å². The molecule has 12 heavy (non-hydrogen) atoms. The molecule has 4 nitrogen and oxygen atoms in total. The molecule has 0 spiro atoms. The van der Waals surface area contributed by atoms with E-state index in [2.05, 4.69) is 15.2 Å². The van der Waals surface area contributed by atoms with Crippen LogP contribution in [-0.2, 0) is 6.54 Å². The van der Waals surface area contributed by atoms with Crippen molar-refractivity contribution in [1.29, 1.82) is 0 Å². The first-order valence-corrected chi connectivity index (χ1v) is 4.42. The van der Waals surface area contributed by atoms with Crippen molar-refractivity contribution < 1.29 is 0 Å². The van der Waals surface area contributed by atoms with Gasteiger partial charge in [0.15, 0.2) is 0 Å². The Kier molecular flexibility index (Phi) is 1.89. The molecule has 0 bridgehead atoms. The number of nitrogens with two attached hydrogens (primary N) is 1. The molecular weight excluding hydrogens is 172 g/mol. The van der Waals surface area contributed by atoms with E-state index in [1.165, 1.54) is 0 Å². The lowest BCUT2D eigenvalue weighted by atomic mass is 10.4. The summed E-state index contributed by atoms with van der Waals surface area (Å²) in [5.41, 5.74) is 7.38. The van der Waals surface area contributed by atoms with Crippen molar-refractivity contribution in [3.63, 3.8) is 0 Å². The minimum Gasteiger partial charge on any atom is -0.325 e. The quantitative estimate of drug-likeness (QED) is 0.724. The monoisotopic (exact) mass is 180 g/mol. The fourth-order valence-electron chi connectivity index (χ4n) is 0.901. The summed E-state index contributed by atoms with van der Waals surface area (Å²) >= 11 is 1.58. The van der Waals surface area contributed by atoms with Crippen LogP contribution in [0.2, 0.25) is 0 Å². The molecule has 0 aromatic carbocycles. The highest BCUT2D eigenvalue weighted by molar-refractivity contribution is 7.13. The molecule has 0 aliphatic heterocycles. The summed E-state index contributed by atoms with van der Waals surface area (Å²) in [6.45, 7) is 0.494. The van der Waals surface area contributed by atoms with Gasteiger partial charge in [-0.05, 0) is 0 Å². The van der Waals surface area contributed by atoms with Crippen LogP contribution >= 0.6 is 11.3 Å². The van der Waals surface area contributed by atoms with Crippen molar-refractivity contribution in [1.82, 2.24) is 15.2 Å². The van der Waals surface area contributed by atoms with E-state index in [0.717, 1.165) is 16.3 Å². The van der Waals surface area contributed by atoms with Gasteiger partial charge in [0.2, 0.25) is 0 Å². The number of nitrogens with one attached hydrogen (secondary N) is 1. The van der Waals surface area contributed by atoms with E-state index in [9.17, 15) is 0 Å². The molecule has 0 saturated carbocycles. The van der Waals surface area contributed by atoms with E-state index in [-0.39, 0.29) is 0 Å². The normalized spacial score (nSPS) is 10.4. The molecule has 0 amide bonds. The number of hydrogen-bond donors (Lipinski definition) is 2. The molecule has 2 heterocycles. The Morgan fingerprint density at radius 3 is 3.08 bits per heavy atom. The smallest absolute Gasteiger partial charge is 0.126 e. The Balaban J connectivity index is 2.35. The van der Waals surface area contributed by atoms with Gasteiger partial charge in [0, 0.05) is 23.7 Å². The van der Waals surface area contributed by atoms with Gasteiger partial charge in [-0.3, -0.25) is 5.10 Å². The number of aromatic nitrogens is 3. The molecule has 0 aliphatic rings. The average Bonchev–Trinajstić information content (AvgIpc) is 2.75. The molecule has 0 unspecified atom stereocenters. The Morgan fingerprint density at radius 2 is 2.50 bits per heavy atom. The third-order valence-electron chi connectivity index (χ3n) is 1.51. The summed E-state index contributed by atoms with van der Waals surface area (Å²) < 4.78 is 0. The fraction of sp³-hybridized carbons (Fsp3) is 0.143. The van der Waals surface area contributed by atoms with Crippen molar-refractivity contribution in [3.8, 4) is 10.6 Å². The van der Waals surface area contributed by atoms with Crippen molar-refractivity contribution in [3.05, 3.63) is 23.5 Å². The zero-order valence-electron chi connectivity index (χ0n) is 6.32. The highest BCUT2D eigenvalue weighted by atomic mass is 32.1. The molecular formula is C7H8N4S. The van der Waals surface area contributed by atoms with Crippen molar-refractivity contribution in [2.24, 2.45) is 5.73 Å². The second-order valence-electron chi connectivity index (χ2n) is 2.34. The van der Waals surface area contributed by atoms with E-state index in [1.54, 1.807) is 17.5 Å². The Labute approximate surface area is 73.5 Å². The first-order valence-electron chi connectivity index (χ1n) is 3.54. The number of nitrogens with zero attached hydrogens (tertiary/aromatic N) is 2. The number of rotatable bonds is 2. The van der Waals surface area contributed by atoms with Crippen LogP contribution in [0, 0.1) is 0 Å². The van der Waals surface area contributed by atoms with Crippen LogP contribution < -0.4 is 5.73 Å². The molecule has 62 valence electrons. The van der Waals surface area contributed by atoms with E-state index in [4.69, 9.17) is 5.73 Å². The van der Waals surface area contributed by atoms with Crippen LogP contribution in [0.4, 0.5) is 0 Å². The number of aromatic amines is 1. The molecule has 0 atom stereocenters. The molecule has 0 aliphatic carbocycles. The summed E-state index contributed by atoms with van der Waals surface area (Å²) in [6, 6.07) is 0. The molecule has 0 saturated heterocycles. The highest BCUT2D eigenvalue weighted by Gasteiger charge is 2.03. The molecule has 2 aromatic heterocycles. The van der Waals surface area contributed by atoms with E-state index in [1.807, 2.05) is 11.6 Å². The maximum atomic E-state index is 5.44. The lowest BCUT2D eigenvalue weighted by Crippen LogP contribution is -1.95. The predicted molar refractivity (Wildman–Crippen MR) is 47.6 cm³/mol. The van der Waals surface area contributed by atoms with E-state index < -0.39 is 0 Å². The van der Waals surface area contributed by atoms with Crippen molar-refractivity contribution in [2.45, 2.75) is 6.54 Å². The Hall–Kier alpha value is -1.20. The number of hydrogen-bond acceptors (Lipinski definition) is 4. The molecule has 2 aromatic rings. The average molecular weight is 180 g/mol. The predicted octanol–water partition coefficient (Wildman–Crippen LogP) is 0.992. The first-order chi connectivity index (χ1) is 5.90. The van der Waals surface area contributed by atoms with Gasteiger partial charge in [0.25, 0.3) is 0 Å². The summed E-state index contributed by atoms with van der Waals surface area (Å²) in [6.07, 6.45) is 3.57. The maximum absolute atomic E-state index is 5.44. The summed E-state index contributed by atoms with van der Waals surface area (Å²) in [5, 5.41) is 9.51. The van der Waals surface area contributed by atoms with Crippen molar-refractivity contribution >= 4 is 11.3 Å². The summed E-state index contributed by atoms with van der Waals surface area (Å²) in [5.74, 6) is 0. The fourth-order valence-corrected chi connectivity index (χ4v) is 1.72. The van der Waals surface area contributed by atoms with Crippen LogP contribution in [0.15, 0.2) is 17.8 Å². The van der Waals surface area contributed by atoms with Gasteiger partial charge >= 0.3 is 0 Å². The zero-order chi connectivity index (χ0) is 8.39. The third kappa shape index (κ3) is 1.24. The van der Waals surface area contributed by atoms with Crippen LogP contribution in [0.5, 0.6) is 0 Å². The SMILES string of the molecule is NCc1csc(-c2cn[nH]c2)n1.